The molecule has 28 heavy (non-hydrogen) atoms. The van der Waals surface area contributed by atoms with Crippen molar-refractivity contribution in [1.29, 1.82) is 0 Å². The van der Waals surface area contributed by atoms with E-state index in [2.05, 4.69) is 24.1 Å². The standard InChI is InChI=1S/C21H25ClN4O2/c1-15(2)16-3-5-17(6-4-16)21(28)26-11-9-25(10-12-26)14-20(27)24-19-8-7-18(22)13-23-19/h3-8,13,15H,9-12,14H2,1-2H3,(H,23,24,27). The average Bonchev–Trinajstić information content (AvgIpc) is 2.70. The van der Waals surface area contributed by atoms with Gasteiger partial charge in [-0.15, -0.1) is 0 Å². The Kier molecular flexibility index (Phi) is 6.65. The van der Waals surface area contributed by atoms with Crippen LogP contribution in [-0.2, 0) is 4.79 Å². The number of halogens is 1. The topological polar surface area (TPSA) is 65.5 Å². The van der Waals surface area contributed by atoms with Crippen molar-refractivity contribution in [2.45, 2.75) is 19.8 Å². The predicted octanol–water partition coefficient (Wildman–Crippen LogP) is 3.25. The minimum absolute atomic E-state index is 0.0461. The molecule has 0 bridgehead atoms. The van der Waals surface area contributed by atoms with Crippen LogP contribution in [0.1, 0.15) is 35.7 Å². The number of benzene rings is 1. The van der Waals surface area contributed by atoms with E-state index >= 15 is 0 Å². The summed E-state index contributed by atoms with van der Waals surface area (Å²) in [4.78, 5) is 32.8. The van der Waals surface area contributed by atoms with Crippen LogP contribution >= 0.6 is 11.6 Å². The predicted molar refractivity (Wildman–Crippen MR) is 111 cm³/mol. The molecule has 1 aromatic heterocycles. The zero-order valence-electron chi connectivity index (χ0n) is 16.2. The number of anilines is 1. The van der Waals surface area contributed by atoms with Gasteiger partial charge in [-0.1, -0.05) is 37.6 Å². The van der Waals surface area contributed by atoms with Crippen LogP contribution in [0, 0.1) is 0 Å². The lowest BCUT2D eigenvalue weighted by molar-refractivity contribution is -0.117. The van der Waals surface area contributed by atoms with E-state index < -0.39 is 0 Å². The van der Waals surface area contributed by atoms with E-state index in [1.54, 1.807) is 12.1 Å². The maximum Gasteiger partial charge on any atom is 0.253 e. The van der Waals surface area contributed by atoms with E-state index in [-0.39, 0.29) is 18.4 Å². The Morgan fingerprint density at radius 3 is 2.32 bits per heavy atom. The molecule has 0 saturated carbocycles. The molecule has 3 rings (SSSR count). The molecule has 0 spiro atoms. The van der Waals surface area contributed by atoms with Crippen LogP contribution in [0.4, 0.5) is 5.82 Å². The summed E-state index contributed by atoms with van der Waals surface area (Å²) in [6, 6.07) is 11.2. The molecule has 1 fully saturated rings. The number of hydrogen-bond acceptors (Lipinski definition) is 4. The Bertz CT molecular complexity index is 813. The minimum atomic E-state index is -0.126. The monoisotopic (exact) mass is 400 g/mol. The summed E-state index contributed by atoms with van der Waals surface area (Å²) in [6.07, 6.45) is 1.50. The first-order valence-corrected chi connectivity index (χ1v) is 9.83. The number of hydrogen-bond donors (Lipinski definition) is 1. The highest BCUT2D eigenvalue weighted by molar-refractivity contribution is 6.30. The Labute approximate surface area is 170 Å². The normalized spacial score (nSPS) is 14.9. The van der Waals surface area contributed by atoms with E-state index in [9.17, 15) is 9.59 Å². The summed E-state index contributed by atoms with van der Waals surface area (Å²) < 4.78 is 0. The highest BCUT2D eigenvalue weighted by Gasteiger charge is 2.23. The zero-order valence-corrected chi connectivity index (χ0v) is 16.9. The van der Waals surface area contributed by atoms with Gasteiger partial charge in [0.15, 0.2) is 0 Å². The van der Waals surface area contributed by atoms with Crippen LogP contribution < -0.4 is 5.32 Å². The van der Waals surface area contributed by atoms with E-state index in [4.69, 9.17) is 11.6 Å². The number of nitrogens with zero attached hydrogens (tertiary/aromatic N) is 3. The first-order chi connectivity index (χ1) is 13.4. The third-order valence-electron chi connectivity index (χ3n) is 4.85. The minimum Gasteiger partial charge on any atom is -0.336 e. The molecular formula is C21H25ClN4O2. The summed E-state index contributed by atoms with van der Waals surface area (Å²) in [5.41, 5.74) is 1.94. The highest BCUT2D eigenvalue weighted by atomic mass is 35.5. The number of carbonyl (C=O) groups excluding carboxylic acids is 2. The van der Waals surface area contributed by atoms with Gasteiger partial charge in [0.25, 0.3) is 5.91 Å². The second kappa shape index (κ2) is 9.17. The van der Waals surface area contributed by atoms with Gasteiger partial charge in [-0.2, -0.15) is 0 Å². The Morgan fingerprint density at radius 1 is 1.07 bits per heavy atom. The molecule has 2 heterocycles. The van der Waals surface area contributed by atoms with Crippen LogP contribution in [0.2, 0.25) is 5.02 Å². The van der Waals surface area contributed by atoms with Gasteiger partial charge in [-0.25, -0.2) is 4.98 Å². The van der Waals surface area contributed by atoms with Crippen LogP contribution in [0.15, 0.2) is 42.6 Å². The molecule has 1 N–H and O–H groups in total. The van der Waals surface area contributed by atoms with Gasteiger partial charge in [0.1, 0.15) is 5.82 Å². The second-order valence-corrected chi connectivity index (χ2v) is 7.69. The SMILES string of the molecule is CC(C)c1ccc(C(=O)N2CCN(CC(=O)Nc3ccc(Cl)cn3)CC2)cc1. The van der Waals surface area contributed by atoms with Crippen molar-refractivity contribution in [3.8, 4) is 0 Å². The Balaban J connectivity index is 1.47. The van der Waals surface area contributed by atoms with Gasteiger partial charge in [-0.05, 0) is 35.7 Å². The fourth-order valence-electron chi connectivity index (χ4n) is 3.14. The zero-order chi connectivity index (χ0) is 20.1. The molecule has 1 saturated heterocycles. The lowest BCUT2D eigenvalue weighted by Crippen LogP contribution is -2.50. The van der Waals surface area contributed by atoms with Crippen molar-refractivity contribution in [1.82, 2.24) is 14.8 Å². The molecule has 0 unspecified atom stereocenters. The Hall–Kier alpha value is -2.44. The van der Waals surface area contributed by atoms with Crippen LogP contribution in [0.5, 0.6) is 0 Å². The fraction of sp³-hybridized carbons (Fsp3) is 0.381. The molecule has 1 aromatic carbocycles. The molecule has 7 heteroatoms. The maximum atomic E-state index is 12.7. The molecule has 1 aliphatic rings. The molecule has 1 aliphatic heterocycles. The quantitative estimate of drug-likeness (QED) is 0.836. The van der Waals surface area contributed by atoms with Gasteiger partial charge in [0.2, 0.25) is 5.91 Å². The van der Waals surface area contributed by atoms with Crippen molar-refractivity contribution < 1.29 is 9.59 Å². The van der Waals surface area contributed by atoms with Crippen molar-refractivity contribution in [3.05, 3.63) is 58.7 Å². The highest BCUT2D eigenvalue weighted by Crippen LogP contribution is 2.16. The van der Waals surface area contributed by atoms with Crippen LogP contribution in [0.3, 0.4) is 0 Å². The van der Waals surface area contributed by atoms with E-state index in [0.29, 0.717) is 48.5 Å². The lowest BCUT2D eigenvalue weighted by atomic mass is 10.0. The number of nitrogens with one attached hydrogen (secondary N) is 1. The largest absolute Gasteiger partial charge is 0.336 e. The van der Waals surface area contributed by atoms with Crippen molar-refractivity contribution in [2.24, 2.45) is 0 Å². The number of pyridine rings is 1. The fourth-order valence-corrected chi connectivity index (χ4v) is 3.25. The molecular weight excluding hydrogens is 376 g/mol. The first-order valence-electron chi connectivity index (χ1n) is 9.45. The summed E-state index contributed by atoms with van der Waals surface area (Å²) in [5.74, 6) is 0.846. The molecule has 0 atom stereocenters. The molecule has 2 amide bonds. The van der Waals surface area contributed by atoms with Gasteiger partial charge in [0.05, 0.1) is 11.6 Å². The van der Waals surface area contributed by atoms with Gasteiger partial charge in [0, 0.05) is 37.9 Å². The van der Waals surface area contributed by atoms with Crippen molar-refractivity contribution >= 4 is 29.2 Å². The van der Waals surface area contributed by atoms with Crippen molar-refractivity contribution in [2.75, 3.05) is 38.0 Å². The number of rotatable bonds is 5. The smallest absolute Gasteiger partial charge is 0.253 e. The lowest BCUT2D eigenvalue weighted by Gasteiger charge is -2.34. The maximum absolute atomic E-state index is 12.7. The first kappa shape index (κ1) is 20.3. The van der Waals surface area contributed by atoms with Crippen LogP contribution in [0.25, 0.3) is 0 Å². The number of aromatic nitrogens is 1. The van der Waals surface area contributed by atoms with E-state index in [0.717, 1.165) is 0 Å². The third-order valence-corrected chi connectivity index (χ3v) is 5.07. The van der Waals surface area contributed by atoms with Crippen LogP contribution in [-0.4, -0.2) is 59.3 Å². The molecule has 0 radical (unpaired) electrons. The summed E-state index contributed by atoms with van der Waals surface area (Å²) in [7, 11) is 0. The van der Waals surface area contributed by atoms with Gasteiger partial charge < -0.3 is 10.2 Å². The number of piperazine rings is 1. The number of carbonyl (C=O) groups is 2. The van der Waals surface area contributed by atoms with E-state index in [1.165, 1.54) is 11.8 Å². The average molecular weight is 401 g/mol. The second-order valence-electron chi connectivity index (χ2n) is 7.25. The summed E-state index contributed by atoms with van der Waals surface area (Å²) in [6.45, 7) is 7.09. The molecule has 0 aliphatic carbocycles. The number of amides is 2. The van der Waals surface area contributed by atoms with E-state index in [1.807, 2.05) is 34.1 Å². The summed E-state index contributed by atoms with van der Waals surface area (Å²) in [5, 5.41) is 3.29. The molecule has 148 valence electrons. The van der Waals surface area contributed by atoms with Gasteiger partial charge >= 0.3 is 0 Å². The summed E-state index contributed by atoms with van der Waals surface area (Å²) >= 11 is 5.79. The third kappa shape index (κ3) is 5.30. The molecule has 6 nitrogen and oxygen atoms in total. The molecule has 2 aromatic rings. The van der Waals surface area contributed by atoms with Crippen molar-refractivity contribution in [3.63, 3.8) is 0 Å². The van der Waals surface area contributed by atoms with Gasteiger partial charge in [-0.3, -0.25) is 14.5 Å². The Morgan fingerprint density at radius 2 is 1.75 bits per heavy atom.